The van der Waals surface area contributed by atoms with Gasteiger partial charge in [0.1, 0.15) is 39.3 Å². The molecule has 0 bridgehead atoms. The summed E-state index contributed by atoms with van der Waals surface area (Å²) < 4.78 is 38.1. The minimum atomic E-state index is -4.26. The van der Waals surface area contributed by atoms with E-state index in [1.165, 1.54) is 33.4 Å². The van der Waals surface area contributed by atoms with Crippen LogP contribution in [0.15, 0.2) is 66.7 Å². The van der Waals surface area contributed by atoms with E-state index < -0.39 is 11.7 Å². The maximum atomic E-state index is 12.7. The van der Waals surface area contributed by atoms with Gasteiger partial charge in [0, 0.05) is 11.1 Å². The van der Waals surface area contributed by atoms with Gasteiger partial charge in [0.25, 0.3) is 0 Å². The summed E-state index contributed by atoms with van der Waals surface area (Å²) >= 11 is 0. The van der Waals surface area contributed by atoms with Crippen molar-refractivity contribution in [2.75, 3.05) is 26.2 Å². The number of hydrogen-bond acceptors (Lipinski definition) is 0. The average molecular weight is 386 g/mol. The molecule has 28 heavy (non-hydrogen) atoms. The number of fused-ring (bicyclic) bond motifs is 1. The fourth-order valence-corrected chi connectivity index (χ4v) is 4.13. The standard InChI is InChI=1S/C23H23F3N2/c24-23(25,26)21-10-8-18(9-11-21)16-27-12-14-28(15-13-27)17-20-6-3-5-19-4-1-2-7-22(19)20/h1-11H,12-17H2/p+2. The Morgan fingerprint density at radius 2 is 1.29 bits per heavy atom. The van der Waals surface area contributed by atoms with Crippen LogP contribution in [0.25, 0.3) is 10.8 Å². The Bertz CT molecular complexity index is 921. The third-order valence-corrected chi connectivity index (χ3v) is 5.72. The van der Waals surface area contributed by atoms with Gasteiger partial charge in [0.2, 0.25) is 0 Å². The summed E-state index contributed by atoms with van der Waals surface area (Å²) in [6, 6.07) is 20.6. The number of rotatable bonds is 4. The Balaban J connectivity index is 1.33. The zero-order valence-corrected chi connectivity index (χ0v) is 15.7. The molecule has 2 nitrogen and oxygen atoms in total. The van der Waals surface area contributed by atoms with Gasteiger partial charge in [-0.15, -0.1) is 0 Å². The first kappa shape index (κ1) is 19.0. The average Bonchev–Trinajstić information content (AvgIpc) is 2.69. The molecule has 1 fully saturated rings. The number of halogens is 3. The van der Waals surface area contributed by atoms with Gasteiger partial charge >= 0.3 is 6.18 Å². The number of alkyl halides is 3. The van der Waals surface area contributed by atoms with E-state index in [1.54, 1.807) is 17.0 Å². The highest BCUT2D eigenvalue weighted by atomic mass is 19.4. The van der Waals surface area contributed by atoms with Gasteiger partial charge in [-0.05, 0) is 22.9 Å². The van der Waals surface area contributed by atoms with Crippen LogP contribution in [0.5, 0.6) is 0 Å². The predicted molar refractivity (Wildman–Crippen MR) is 104 cm³/mol. The Morgan fingerprint density at radius 1 is 0.679 bits per heavy atom. The maximum Gasteiger partial charge on any atom is 0.416 e. The highest BCUT2D eigenvalue weighted by molar-refractivity contribution is 5.85. The van der Waals surface area contributed by atoms with E-state index in [1.807, 2.05) is 0 Å². The van der Waals surface area contributed by atoms with Gasteiger partial charge in [0.05, 0.1) is 5.56 Å². The van der Waals surface area contributed by atoms with Crippen LogP contribution in [-0.2, 0) is 19.3 Å². The normalized spacial score (nSPS) is 20.4. The molecule has 5 heteroatoms. The van der Waals surface area contributed by atoms with Gasteiger partial charge in [-0.2, -0.15) is 13.2 Å². The number of quaternary nitrogens is 2. The summed E-state index contributed by atoms with van der Waals surface area (Å²) in [6.45, 7) is 6.06. The van der Waals surface area contributed by atoms with Crippen molar-refractivity contribution < 1.29 is 23.0 Å². The molecular formula is C23H25F3N2+2. The van der Waals surface area contributed by atoms with Gasteiger partial charge in [0.15, 0.2) is 0 Å². The maximum absolute atomic E-state index is 12.7. The monoisotopic (exact) mass is 386 g/mol. The Hall–Kier alpha value is -2.37. The molecule has 0 saturated carbocycles. The van der Waals surface area contributed by atoms with Gasteiger partial charge in [-0.3, -0.25) is 0 Å². The minimum Gasteiger partial charge on any atom is -0.322 e. The summed E-state index contributed by atoms with van der Waals surface area (Å²) in [5, 5.41) is 2.61. The molecule has 4 rings (SSSR count). The Kier molecular flexibility index (Phi) is 5.38. The molecule has 146 valence electrons. The molecule has 1 heterocycles. The van der Waals surface area contributed by atoms with Crippen molar-refractivity contribution in [2.24, 2.45) is 0 Å². The second-order valence-corrected chi connectivity index (χ2v) is 7.69. The third kappa shape index (κ3) is 4.37. The van der Waals surface area contributed by atoms with Crippen molar-refractivity contribution in [1.82, 2.24) is 0 Å². The van der Waals surface area contributed by atoms with Crippen LogP contribution in [0.3, 0.4) is 0 Å². The molecule has 1 aliphatic rings. The lowest BCUT2D eigenvalue weighted by molar-refractivity contribution is -1.02. The molecule has 1 aliphatic heterocycles. The van der Waals surface area contributed by atoms with Crippen LogP contribution in [0.1, 0.15) is 16.7 Å². The summed E-state index contributed by atoms with van der Waals surface area (Å²) in [7, 11) is 0. The highest BCUT2D eigenvalue weighted by Gasteiger charge is 2.30. The lowest BCUT2D eigenvalue weighted by Crippen LogP contribution is -3.27. The van der Waals surface area contributed by atoms with E-state index in [4.69, 9.17) is 0 Å². The summed E-state index contributed by atoms with van der Waals surface area (Å²) in [5.74, 6) is 0. The SMILES string of the molecule is FC(F)(F)c1ccc(C[NH+]2CC[NH+](Cc3cccc4ccccc34)CC2)cc1. The molecule has 1 saturated heterocycles. The molecule has 0 aromatic heterocycles. The van der Waals surface area contributed by atoms with Crippen molar-refractivity contribution >= 4 is 10.8 Å². The van der Waals surface area contributed by atoms with Gasteiger partial charge < -0.3 is 9.80 Å². The molecule has 0 atom stereocenters. The van der Waals surface area contributed by atoms with Crippen LogP contribution in [0.2, 0.25) is 0 Å². The Labute approximate surface area is 163 Å². The van der Waals surface area contributed by atoms with E-state index in [2.05, 4.69) is 42.5 Å². The van der Waals surface area contributed by atoms with Crippen LogP contribution < -0.4 is 9.80 Å². The van der Waals surface area contributed by atoms with Crippen LogP contribution in [0.4, 0.5) is 13.2 Å². The van der Waals surface area contributed by atoms with Crippen LogP contribution in [0, 0.1) is 0 Å². The van der Waals surface area contributed by atoms with Crippen molar-refractivity contribution in [1.29, 1.82) is 0 Å². The fourth-order valence-electron chi connectivity index (χ4n) is 4.13. The number of benzene rings is 3. The van der Waals surface area contributed by atoms with Crippen molar-refractivity contribution in [3.63, 3.8) is 0 Å². The van der Waals surface area contributed by atoms with Crippen molar-refractivity contribution in [3.8, 4) is 0 Å². The van der Waals surface area contributed by atoms with Crippen molar-refractivity contribution in [3.05, 3.63) is 83.4 Å². The first-order valence-electron chi connectivity index (χ1n) is 9.79. The van der Waals surface area contributed by atoms with E-state index >= 15 is 0 Å². The van der Waals surface area contributed by atoms with E-state index in [0.29, 0.717) is 0 Å². The molecule has 0 aliphatic carbocycles. The summed E-state index contributed by atoms with van der Waals surface area (Å²) in [5.41, 5.74) is 1.79. The third-order valence-electron chi connectivity index (χ3n) is 5.72. The molecule has 0 amide bonds. The zero-order valence-electron chi connectivity index (χ0n) is 15.7. The summed E-state index contributed by atoms with van der Waals surface area (Å²) in [6.07, 6.45) is -4.26. The van der Waals surface area contributed by atoms with Gasteiger partial charge in [-0.25, -0.2) is 0 Å². The molecule has 2 N–H and O–H groups in total. The first-order chi connectivity index (χ1) is 13.5. The minimum absolute atomic E-state index is 0.574. The van der Waals surface area contributed by atoms with Crippen molar-refractivity contribution in [2.45, 2.75) is 19.3 Å². The van der Waals surface area contributed by atoms with Crippen LogP contribution >= 0.6 is 0 Å². The molecule has 0 spiro atoms. The van der Waals surface area contributed by atoms with E-state index in [0.717, 1.165) is 44.8 Å². The van der Waals surface area contributed by atoms with E-state index in [9.17, 15) is 13.2 Å². The molecule has 3 aromatic carbocycles. The second kappa shape index (κ2) is 7.94. The quantitative estimate of drug-likeness (QED) is 0.681. The molecule has 0 unspecified atom stereocenters. The van der Waals surface area contributed by atoms with E-state index in [-0.39, 0.29) is 0 Å². The fraction of sp³-hybridized carbons (Fsp3) is 0.304. The van der Waals surface area contributed by atoms with Gasteiger partial charge in [-0.1, -0.05) is 54.6 Å². The summed E-state index contributed by atoms with van der Waals surface area (Å²) in [4.78, 5) is 3.02. The number of piperazine rings is 1. The molecule has 3 aromatic rings. The molecule has 0 radical (unpaired) electrons. The zero-order chi connectivity index (χ0) is 19.6. The topological polar surface area (TPSA) is 8.88 Å². The lowest BCUT2D eigenvalue weighted by atomic mass is 10.0. The predicted octanol–water partition coefficient (Wildman–Crippen LogP) is 2.34. The lowest BCUT2D eigenvalue weighted by Gasteiger charge is -2.30. The molecular weight excluding hydrogens is 361 g/mol. The smallest absolute Gasteiger partial charge is 0.322 e. The largest absolute Gasteiger partial charge is 0.416 e. The second-order valence-electron chi connectivity index (χ2n) is 7.69. The number of nitrogens with one attached hydrogen (secondary N) is 2. The van der Waals surface area contributed by atoms with Crippen LogP contribution in [-0.4, -0.2) is 26.2 Å². The number of hydrogen-bond donors (Lipinski definition) is 2. The Morgan fingerprint density at radius 3 is 1.96 bits per heavy atom. The first-order valence-corrected chi connectivity index (χ1v) is 9.79. The highest BCUT2D eigenvalue weighted by Crippen LogP contribution is 2.28.